The maximum Gasteiger partial charge on any atom is 0.261 e. The van der Waals surface area contributed by atoms with E-state index >= 15 is 0 Å². The molecule has 0 spiro atoms. The van der Waals surface area contributed by atoms with Crippen LogP contribution >= 0.6 is 11.3 Å². The fourth-order valence-corrected chi connectivity index (χ4v) is 1.80. The van der Waals surface area contributed by atoms with Gasteiger partial charge in [0.1, 0.15) is 5.75 Å². The molecule has 1 heterocycles. The van der Waals surface area contributed by atoms with Gasteiger partial charge in [0.15, 0.2) is 0 Å². The second-order valence-corrected chi connectivity index (χ2v) is 4.16. The molecule has 1 unspecified atom stereocenters. The highest BCUT2D eigenvalue weighted by molar-refractivity contribution is 7.12. The lowest BCUT2D eigenvalue weighted by Gasteiger charge is -2.04. The van der Waals surface area contributed by atoms with E-state index in [0.717, 1.165) is 0 Å². The van der Waals surface area contributed by atoms with Crippen molar-refractivity contribution in [3.05, 3.63) is 16.3 Å². The number of aliphatic hydroxyl groups excluding tert-OH is 1. The molecule has 0 saturated carbocycles. The summed E-state index contributed by atoms with van der Waals surface area (Å²) in [5, 5.41) is 13.5. The Morgan fingerprint density at radius 1 is 1.73 bits per heavy atom. The summed E-state index contributed by atoms with van der Waals surface area (Å²) in [4.78, 5) is 12.1. The van der Waals surface area contributed by atoms with Crippen LogP contribution in [0.2, 0.25) is 0 Å². The zero-order chi connectivity index (χ0) is 11.3. The number of carbonyl (C=O) groups excluding carboxylic acids is 1. The number of hydrogen-bond acceptors (Lipinski definition) is 4. The van der Waals surface area contributed by atoms with Gasteiger partial charge < -0.3 is 15.2 Å². The molecule has 5 heteroatoms. The molecule has 2 N–H and O–H groups in total. The predicted octanol–water partition coefficient (Wildman–Crippen LogP) is 1.26. The predicted molar refractivity (Wildman–Crippen MR) is 59.5 cm³/mol. The Balaban J connectivity index is 2.40. The lowest BCUT2D eigenvalue weighted by Crippen LogP contribution is -2.25. The van der Waals surface area contributed by atoms with Crippen molar-refractivity contribution in [2.45, 2.75) is 19.4 Å². The number of carbonyl (C=O) groups is 1. The monoisotopic (exact) mass is 229 g/mol. The van der Waals surface area contributed by atoms with Crippen molar-refractivity contribution in [2.24, 2.45) is 0 Å². The number of methoxy groups -OCH3 is 1. The maximum atomic E-state index is 11.5. The van der Waals surface area contributed by atoms with Crippen LogP contribution in [0, 0.1) is 0 Å². The minimum absolute atomic E-state index is 0.121. The first-order valence-corrected chi connectivity index (χ1v) is 5.60. The third kappa shape index (κ3) is 3.89. The van der Waals surface area contributed by atoms with E-state index in [1.165, 1.54) is 11.3 Å². The Kier molecular flexibility index (Phi) is 4.58. The second kappa shape index (κ2) is 5.72. The van der Waals surface area contributed by atoms with Crippen LogP contribution in [-0.4, -0.2) is 30.8 Å². The first-order valence-electron chi connectivity index (χ1n) is 4.72. The summed E-state index contributed by atoms with van der Waals surface area (Å²) in [7, 11) is 1.57. The first kappa shape index (κ1) is 12.0. The van der Waals surface area contributed by atoms with E-state index in [0.29, 0.717) is 23.6 Å². The number of nitrogens with one attached hydrogen (secondary N) is 1. The average Bonchev–Trinajstić information content (AvgIpc) is 2.65. The molecule has 0 aliphatic rings. The van der Waals surface area contributed by atoms with Crippen LogP contribution in [0.4, 0.5) is 0 Å². The van der Waals surface area contributed by atoms with Gasteiger partial charge in [0.25, 0.3) is 5.91 Å². The molecular weight excluding hydrogens is 214 g/mol. The van der Waals surface area contributed by atoms with Gasteiger partial charge in [0, 0.05) is 18.0 Å². The smallest absolute Gasteiger partial charge is 0.261 e. The summed E-state index contributed by atoms with van der Waals surface area (Å²) >= 11 is 1.34. The van der Waals surface area contributed by atoms with Crippen molar-refractivity contribution in [3.8, 4) is 5.75 Å². The Bertz CT molecular complexity index is 322. The highest BCUT2D eigenvalue weighted by Crippen LogP contribution is 2.20. The van der Waals surface area contributed by atoms with Crippen molar-refractivity contribution in [1.29, 1.82) is 0 Å². The molecule has 0 bridgehead atoms. The lowest BCUT2D eigenvalue weighted by atomic mass is 10.3. The van der Waals surface area contributed by atoms with Crippen LogP contribution in [0.25, 0.3) is 0 Å². The standard InChI is InChI=1S/C10H15NO3S/c1-7(12)3-4-11-10(13)9-5-8(14-2)6-15-9/h5-7,12H,3-4H2,1-2H3,(H,11,13). The molecule has 1 aromatic rings. The lowest BCUT2D eigenvalue weighted by molar-refractivity contribution is 0.0949. The Morgan fingerprint density at radius 3 is 3.00 bits per heavy atom. The Labute approximate surface area is 92.9 Å². The molecule has 1 aromatic heterocycles. The Hall–Kier alpha value is -1.07. The van der Waals surface area contributed by atoms with Crippen LogP contribution in [0.1, 0.15) is 23.0 Å². The van der Waals surface area contributed by atoms with Crippen LogP contribution in [0.15, 0.2) is 11.4 Å². The Morgan fingerprint density at radius 2 is 2.47 bits per heavy atom. The van der Waals surface area contributed by atoms with Crippen molar-refractivity contribution < 1.29 is 14.6 Å². The van der Waals surface area contributed by atoms with Crippen molar-refractivity contribution in [3.63, 3.8) is 0 Å². The minimum atomic E-state index is -0.386. The first-order chi connectivity index (χ1) is 7.13. The van der Waals surface area contributed by atoms with Gasteiger partial charge in [-0.15, -0.1) is 11.3 Å². The van der Waals surface area contributed by atoms with Crippen LogP contribution in [0.3, 0.4) is 0 Å². The molecule has 4 nitrogen and oxygen atoms in total. The molecule has 0 fully saturated rings. The highest BCUT2D eigenvalue weighted by atomic mass is 32.1. The molecule has 0 aliphatic heterocycles. The summed E-state index contributed by atoms with van der Waals surface area (Å²) < 4.78 is 4.98. The SMILES string of the molecule is COc1csc(C(=O)NCCC(C)O)c1. The summed E-state index contributed by atoms with van der Waals surface area (Å²) in [5.41, 5.74) is 0. The fraction of sp³-hybridized carbons (Fsp3) is 0.500. The molecule has 0 aliphatic carbocycles. The van der Waals surface area contributed by atoms with Crippen molar-refractivity contribution in [2.75, 3.05) is 13.7 Å². The van der Waals surface area contributed by atoms with E-state index < -0.39 is 0 Å². The summed E-state index contributed by atoms with van der Waals surface area (Å²) in [6.07, 6.45) is 0.178. The van der Waals surface area contributed by atoms with E-state index in [1.807, 2.05) is 0 Å². The van der Waals surface area contributed by atoms with Gasteiger partial charge in [-0.05, 0) is 13.3 Å². The van der Waals surface area contributed by atoms with Gasteiger partial charge in [-0.2, -0.15) is 0 Å². The number of ether oxygens (including phenoxy) is 1. The molecule has 1 atom stereocenters. The largest absolute Gasteiger partial charge is 0.496 e. The zero-order valence-electron chi connectivity index (χ0n) is 8.82. The van der Waals surface area contributed by atoms with Crippen LogP contribution < -0.4 is 10.1 Å². The van der Waals surface area contributed by atoms with Crippen LogP contribution in [0.5, 0.6) is 5.75 Å². The molecule has 84 valence electrons. The molecule has 15 heavy (non-hydrogen) atoms. The maximum absolute atomic E-state index is 11.5. The van der Waals surface area contributed by atoms with Gasteiger partial charge in [0.05, 0.1) is 18.1 Å². The van der Waals surface area contributed by atoms with E-state index in [2.05, 4.69) is 5.32 Å². The van der Waals surface area contributed by atoms with Gasteiger partial charge in [-0.25, -0.2) is 0 Å². The van der Waals surface area contributed by atoms with Crippen LogP contribution in [-0.2, 0) is 0 Å². The second-order valence-electron chi connectivity index (χ2n) is 3.24. The number of thiophene rings is 1. The summed E-state index contributed by atoms with van der Waals surface area (Å²) in [6.45, 7) is 2.18. The number of rotatable bonds is 5. The number of amides is 1. The number of hydrogen-bond donors (Lipinski definition) is 2. The average molecular weight is 229 g/mol. The number of aliphatic hydroxyl groups is 1. The minimum Gasteiger partial charge on any atom is -0.496 e. The fourth-order valence-electron chi connectivity index (χ4n) is 1.03. The van der Waals surface area contributed by atoms with E-state index in [9.17, 15) is 4.79 Å². The molecule has 0 radical (unpaired) electrons. The van der Waals surface area contributed by atoms with Gasteiger partial charge in [-0.3, -0.25) is 4.79 Å². The molecule has 1 amide bonds. The summed E-state index contributed by atoms with van der Waals surface area (Å²) in [6, 6.07) is 1.70. The third-order valence-electron chi connectivity index (χ3n) is 1.88. The molecule has 1 rings (SSSR count). The quantitative estimate of drug-likeness (QED) is 0.799. The third-order valence-corrected chi connectivity index (χ3v) is 2.79. The summed E-state index contributed by atoms with van der Waals surface area (Å²) in [5.74, 6) is 0.574. The van der Waals surface area contributed by atoms with Gasteiger partial charge in [-0.1, -0.05) is 0 Å². The van der Waals surface area contributed by atoms with E-state index in [4.69, 9.17) is 9.84 Å². The van der Waals surface area contributed by atoms with Crippen molar-refractivity contribution in [1.82, 2.24) is 5.32 Å². The molecular formula is C10H15NO3S. The molecule has 0 saturated heterocycles. The topological polar surface area (TPSA) is 58.6 Å². The van der Waals surface area contributed by atoms with E-state index in [1.54, 1.807) is 25.5 Å². The highest BCUT2D eigenvalue weighted by Gasteiger charge is 2.08. The van der Waals surface area contributed by atoms with E-state index in [-0.39, 0.29) is 12.0 Å². The zero-order valence-corrected chi connectivity index (χ0v) is 9.63. The molecule has 0 aromatic carbocycles. The van der Waals surface area contributed by atoms with Gasteiger partial charge in [0.2, 0.25) is 0 Å². The normalized spacial score (nSPS) is 12.2. The van der Waals surface area contributed by atoms with Crippen molar-refractivity contribution >= 4 is 17.2 Å². The van der Waals surface area contributed by atoms with Gasteiger partial charge >= 0.3 is 0 Å².